The van der Waals surface area contributed by atoms with E-state index in [9.17, 15) is 10.2 Å². The fourth-order valence-electron chi connectivity index (χ4n) is 4.51. The molecule has 6 nitrogen and oxygen atoms in total. The quantitative estimate of drug-likeness (QED) is 0.296. The van der Waals surface area contributed by atoms with Crippen LogP contribution in [0.4, 0.5) is 0 Å². The molecule has 0 saturated carbocycles. The van der Waals surface area contributed by atoms with Gasteiger partial charge in [-0.25, -0.2) is 0 Å². The summed E-state index contributed by atoms with van der Waals surface area (Å²) < 4.78 is 17.5. The Morgan fingerprint density at radius 1 is 0.919 bits per heavy atom. The Morgan fingerprint density at radius 3 is 2.35 bits per heavy atom. The van der Waals surface area contributed by atoms with Crippen LogP contribution in [-0.2, 0) is 6.61 Å². The molecule has 4 aromatic rings. The van der Waals surface area contributed by atoms with Gasteiger partial charge in [0.1, 0.15) is 30.0 Å². The second kappa shape index (κ2) is 10.7. The number of phenolic OH excluding ortho intramolecular Hbond substituents is 2. The predicted molar refractivity (Wildman–Crippen MR) is 143 cm³/mol. The third-order valence-electron chi connectivity index (χ3n) is 6.45. The predicted octanol–water partition coefficient (Wildman–Crippen LogP) is 6.76. The molecule has 4 aromatic carbocycles. The zero-order valence-electron chi connectivity index (χ0n) is 20.8. The molecule has 0 amide bonds. The number of aromatic hydroxyl groups is 2. The first kappa shape index (κ1) is 24.3. The van der Waals surface area contributed by atoms with Crippen LogP contribution in [0.25, 0.3) is 0 Å². The van der Waals surface area contributed by atoms with Crippen molar-refractivity contribution in [3.8, 4) is 28.7 Å². The van der Waals surface area contributed by atoms with Crippen LogP contribution in [-0.4, -0.2) is 23.0 Å². The Bertz CT molecular complexity index is 1400. The van der Waals surface area contributed by atoms with Crippen LogP contribution in [0, 0.1) is 0 Å². The van der Waals surface area contributed by atoms with Gasteiger partial charge < -0.3 is 24.4 Å². The molecule has 0 aromatic heterocycles. The average molecular weight is 496 g/mol. The minimum absolute atomic E-state index is 0.0355. The number of hydrogen-bond acceptors (Lipinski definition) is 6. The van der Waals surface area contributed by atoms with Gasteiger partial charge in [0.15, 0.2) is 11.5 Å². The molecular weight excluding hydrogens is 466 g/mol. The van der Waals surface area contributed by atoms with E-state index >= 15 is 0 Å². The standard InChI is InChI=1S/C31H29NO5/c1-20(22-11-7-4-8-12-22)32-25-18-29(23-13-14-28(35-2)26(33)15-23)37-30-17-24(16-27(34)31(25)30)36-19-21-9-5-3-6-10-21/h3-17,20,29,33-34H,18-19H2,1-2H3/t20?,29-/m0/s1. The van der Waals surface area contributed by atoms with Gasteiger partial charge in [-0.1, -0.05) is 66.7 Å². The normalized spacial score (nSPS) is 16.5. The molecule has 188 valence electrons. The van der Waals surface area contributed by atoms with E-state index in [0.29, 0.717) is 35.8 Å². The molecular formula is C31H29NO5. The highest BCUT2D eigenvalue weighted by atomic mass is 16.5. The molecule has 0 radical (unpaired) electrons. The van der Waals surface area contributed by atoms with E-state index in [0.717, 1.165) is 22.4 Å². The number of ether oxygens (including phenoxy) is 3. The SMILES string of the molecule is COc1ccc([C@@H]2CC(=NC(C)c3ccccc3)c3c(O)cc(OCc4ccccc4)cc3O2)cc1O. The molecule has 1 heterocycles. The van der Waals surface area contributed by atoms with Crippen LogP contribution in [0.5, 0.6) is 28.7 Å². The molecule has 37 heavy (non-hydrogen) atoms. The first-order chi connectivity index (χ1) is 18.0. The van der Waals surface area contributed by atoms with Gasteiger partial charge in [0, 0.05) is 18.6 Å². The maximum absolute atomic E-state index is 11.1. The lowest BCUT2D eigenvalue weighted by atomic mass is 9.94. The Labute approximate surface area is 216 Å². The van der Waals surface area contributed by atoms with Crippen molar-refractivity contribution in [1.82, 2.24) is 0 Å². The molecule has 0 bridgehead atoms. The molecule has 0 spiro atoms. The minimum atomic E-state index is -0.421. The summed E-state index contributed by atoms with van der Waals surface area (Å²) in [7, 11) is 1.51. The Kier molecular flexibility index (Phi) is 6.99. The largest absolute Gasteiger partial charge is 0.507 e. The summed E-state index contributed by atoms with van der Waals surface area (Å²) in [5.74, 6) is 1.45. The summed E-state index contributed by atoms with van der Waals surface area (Å²) in [4.78, 5) is 5.01. The van der Waals surface area contributed by atoms with Crippen LogP contribution in [0.2, 0.25) is 0 Å². The highest BCUT2D eigenvalue weighted by Gasteiger charge is 2.30. The van der Waals surface area contributed by atoms with E-state index in [1.807, 2.05) is 73.7 Å². The molecule has 1 aliphatic rings. The van der Waals surface area contributed by atoms with Gasteiger partial charge in [-0.05, 0) is 35.7 Å². The summed E-state index contributed by atoms with van der Waals surface area (Å²) in [6, 6.07) is 28.3. The smallest absolute Gasteiger partial charge is 0.160 e. The van der Waals surface area contributed by atoms with Crippen molar-refractivity contribution in [3.63, 3.8) is 0 Å². The lowest BCUT2D eigenvalue weighted by Gasteiger charge is -2.29. The van der Waals surface area contributed by atoms with Crippen molar-refractivity contribution in [2.45, 2.75) is 32.1 Å². The molecule has 5 rings (SSSR count). The van der Waals surface area contributed by atoms with Crippen LogP contribution in [0.1, 0.15) is 47.7 Å². The van der Waals surface area contributed by atoms with Crippen LogP contribution in [0.3, 0.4) is 0 Å². The molecule has 2 N–H and O–H groups in total. The highest BCUT2D eigenvalue weighted by Crippen LogP contribution is 2.44. The number of phenols is 2. The van der Waals surface area contributed by atoms with Crippen LogP contribution in [0.15, 0.2) is 96.0 Å². The highest BCUT2D eigenvalue weighted by molar-refractivity contribution is 6.06. The molecule has 0 saturated heterocycles. The summed E-state index contributed by atoms with van der Waals surface area (Å²) in [6.45, 7) is 2.39. The second-order valence-electron chi connectivity index (χ2n) is 8.99. The van der Waals surface area contributed by atoms with Crippen molar-refractivity contribution in [1.29, 1.82) is 0 Å². The molecule has 2 atom stereocenters. The number of hydrogen-bond donors (Lipinski definition) is 2. The Morgan fingerprint density at radius 2 is 1.65 bits per heavy atom. The number of rotatable bonds is 7. The maximum atomic E-state index is 11.1. The summed E-state index contributed by atoms with van der Waals surface area (Å²) in [6.07, 6.45) is 0.00285. The molecule has 1 aliphatic heterocycles. The van der Waals surface area contributed by atoms with E-state index < -0.39 is 6.10 Å². The van der Waals surface area contributed by atoms with Crippen molar-refractivity contribution in [3.05, 3.63) is 113 Å². The summed E-state index contributed by atoms with van der Waals surface area (Å²) in [5.41, 5.74) is 4.16. The van der Waals surface area contributed by atoms with E-state index in [2.05, 4.69) is 0 Å². The topological polar surface area (TPSA) is 80.5 Å². The number of fused-ring (bicyclic) bond motifs is 1. The van der Waals surface area contributed by atoms with Crippen molar-refractivity contribution < 1.29 is 24.4 Å². The van der Waals surface area contributed by atoms with Crippen LogP contribution < -0.4 is 14.2 Å². The van der Waals surface area contributed by atoms with Crippen molar-refractivity contribution in [2.75, 3.05) is 7.11 Å². The summed E-state index contributed by atoms with van der Waals surface area (Å²) >= 11 is 0. The average Bonchev–Trinajstić information content (AvgIpc) is 2.92. The third kappa shape index (κ3) is 5.38. The van der Waals surface area contributed by atoms with E-state index in [-0.39, 0.29) is 17.5 Å². The van der Waals surface area contributed by atoms with Crippen molar-refractivity contribution >= 4 is 5.71 Å². The van der Waals surface area contributed by atoms with Gasteiger partial charge in [0.25, 0.3) is 0 Å². The fourth-order valence-corrected chi connectivity index (χ4v) is 4.51. The fraction of sp³-hybridized carbons (Fsp3) is 0.194. The van der Waals surface area contributed by atoms with Gasteiger partial charge in [0.05, 0.1) is 24.4 Å². The molecule has 0 aliphatic carbocycles. The van der Waals surface area contributed by atoms with Crippen LogP contribution >= 0.6 is 0 Å². The van der Waals surface area contributed by atoms with Gasteiger partial charge in [0.2, 0.25) is 0 Å². The lowest BCUT2D eigenvalue weighted by molar-refractivity contribution is 0.202. The van der Waals surface area contributed by atoms with Gasteiger partial charge in [-0.3, -0.25) is 4.99 Å². The van der Waals surface area contributed by atoms with Gasteiger partial charge >= 0.3 is 0 Å². The summed E-state index contributed by atoms with van der Waals surface area (Å²) in [5, 5.41) is 21.4. The minimum Gasteiger partial charge on any atom is -0.507 e. The first-order valence-electron chi connectivity index (χ1n) is 12.2. The monoisotopic (exact) mass is 495 g/mol. The first-order valence-corrected chi connectivity index (χ1v) is 12.2. The second-order valence-corrected chi connectivity index (χ2v) is 8.99. The van der Waals surface area contributed by atoms with E-state index in [4.69, 9.17) is 19.2 Å². The Balaban J connectivity index is 1.52. The number of benzene rings is 4. The Hall–Kier alpha value is -4.45. The molecule has 6 heteroatoms. The number of methoxy groups -OCH3 is 1. The lowest BCUT2D eigenvalue weighted by Crippen LogP contribution is -2.22. The van der Waals surface area contributed by atoms with E-state index in [1.54, 1.807) is 24.3 Å². The van der Waals surface area contributed by atoms with Gasteiger partial charge in [-0.15, -0.1) is 0 Å². The third-order valence-corrected chi connectivity index (χ3v) is 6.45. The zero-order chi connectivity index (χ0) is 25.8. The van der Waals surface area contributed by atoms with Crippen molar-refractivity contribution in [2.24, 2.45) is 4.99 Å². The maximum Gasteiger partial charge on any atom is 0.160 e. The molecule has 1 unspecified atom stereocenters. The van der Waals surface area contributed by atoms with Gasteiger partial charge in [-0.2, -0.15) is 0 Å². The molecule has 0 fully saturated rings. The zero-order valence-corrected chi connectivity index (χ0v) is 20.8. The number of nitrogens with zero attached hydrogens (tertiary/aromatic N) is 1. The van der Waals surface area contributed by atoms with E-state index in [1.165, 1.54) is 7.11 Å². The number of aliphatic imine (C=N–C) groups is 1.